The number of imidazole rings is 1. The summed E-state index contributed by atoms with van der Waals surface area (Å²) in [6, 6.07) is 19.0. The Morgan fingerprint density at radius 1 is 0.957 bits per heavy atom. The highest BCUT2D eigenvalue weighted by Crippen LogP contribution is 2.20. The lowest BCUT2D eigenvalue weighted by atomic mass is 10.1. The molecule has 0 atom stereocenters. The van der Waals surface area contributed by atoms with Gasteiger partial charge < -0.3 is 9.67 Å². The second-order valence-corrected chi connectivity index (χ2v) is 5.46. The van der Waals surface area contributed by atoms with Crippen molar-refractivity contribution in [3.63, 3.8) is 0 Å². The number of aryl methyl sites for hydroxylation is 2. The van der Waals surface area contributed by atoms with Gasteiger partial charge in [0.2, 0.25) is 11.7 Å². The lowest BCUT2D eigenvalue weighted by molar-refractivity contribution is 0.451. The lowest BCUT2D eigenvalue weighted by Gasteiger charge is -2.06. The number of benzene rings is 2. The van der Waals surface area contributed by atoms with E-state index in [0.29, 0.717) is 12.3 Å². The Morgan fingerprint density at radius 3 is 2.43 bits per heavy atom. The molecule has 2 heterocycles. The highest BCUT2D eigenvalue weighted by molar-refractivity contribution is 5.80. The fourth-order valence-electron chi connectivity index (χ4n) is 2.96. The average Bonchev–Trinajstić information content (AvgIpc) is 2.87. The molecule has 2 aromatic heterocycles. The molecule has 0 spiro atoms. The first-order valence-corrected chi connectivity index (χ1v) is 7.48. The molecule has 114 valence electrons. The molecule has 0 bridgehead atoms. The van der Waals surface area contributed by atoms with Crippen molar-refractivity contribution in [2.75, 3.05) is 0 Å². The molecule has 0 unspecified atom stereocenters. The van der Waals surface area contributed by atoms with E-state index in [1.54, 1.807) is 4.40 Å². The predicted octanol–water partition coefficient (Wildman–Crippen LogP) is 2.60. The summed E-state index contributed by atoms with van der Waals surface area (Å²) in [4.78, 5) is 16.4. The van der Waals surface area contributed by atoms with Crippen molar-refractivity contribution >= 4 is 16.8 Å². The van der Waals surface area contributed by atoms with E-state index in [-0.39, 0.29) is 11.4 Å². The Hall–Kier alpha value is -3.08. The van der Waals surface area contributed by atoms with Crippen LogP contribution in [0.1, 0.15) is 5.56 Å². The second-order valence-electron chi connectivity index (χ2n) is 5.46. The summed E-state index contributed by atoms with van der Waals surface area (Å²) in [6.07, 6.45) is 0.820. The van der Waals surface area contributed by atoms with E-state index in [4.69, 9.17) is 0 Å². The quantitative estimate of drug-likeness (QED) is 0.633. The number of aromatic nitrogens is 3. The van der Waals surface area contributed by atoms with Gasteiger partial charge in [-0.2, -0.15) is 4.98 Å². The van der Waals surface area contributed by atoms with Crippen molar-refractivity contribution < 1.29 is 5.11 Å². The van der Waals surface area contributed by atoms with Crippen LogP contribution in [-0.2, 0) is 13.0 Å². The molecule has 0 aliphatic carbocycles. The van der Waals surface area contributed by atoms with Gasteiger partial charge in [-0.25, -0.2) is 4.40 Å². The third-order valence-electron chi connectivity index (χ3n) is 4.01. The molecule has 1 N–H and O–H groups in total. The van der Waals surface area contributed by atoms with Crippen LogP contribution in [0.5, 0.6) is 5.88 Å². The number of aromatic hydroxyl groups is 1. The van der Waals surface area contributed by atoms with Crippen LogP contribution >= 0.6 is 0 Å². The van der Waals surface area contributed by atoms with Crippen molar-refractivity contribution in [2.24, 2.45) is 0 Å². The fraction of sp³-hybridized carbons (Fsp3) is 0.111. The third kappa shape index (κ3) is 2.26. The molecule has 0 aliphatic heterocycles. The van der Waals surface area contributed by atoms with Crippen LogP contribution in [0.4, 0.5) is 0 Å². The number of para-hydroxylation sites is 2. The minimum atomic E-state index is -0.276. The fourth-order valence-corrected chi connectivity index (χ4v) is 2.96. The molecule has 2 aromatic carbocycles. The Kier molecular flexibility index (Phi) is 3.12. The smallest absolute Gasteiger partial charge is 0.263 e. The molecular weight excluding hydrogens is 290 g/mol. The Balaban J connectivity index is 1.91. The molecule has 0 fully saturated rings. The molecule has 5 nitrogen and oxygen atoms in total. The predicted molar refractivity (Wildman–Crippen MR) is 88.8 cm³/mol. The van der Waals surface area contributed by atoms with Crippen LogP contribution in [0, 0.1) is 0 Å². The molecule has 0 amide bonds. The third-order valence-corrected chi connectivity index (χ3v) is 4.01. The van der Waals surface area contributed by atoms with Gasteiger partial charge in [-0.05, 0) is 24.1 Å². The zero-order valence-corrected chi connectivity index (χ0v) is 12.4. The van der Waals surface area contributed by atoms with Crippen LogP contribution in [0.3, 0.4) is 0 Å². The van der Waals surface area contributed by atoms with E-state index >= 15 is 0 Å². The van der Waals surface area contributed by atoms with Gasteiger partial charge in [0.25, 0.3) is 5.56 Å². The topological polar surface area (TPSA) is 59.5 Å². The molecule has 4 rings (SSSR count). The first kappa shape index (κ1) is 13.6. The van der Waals surface area contributed by atoms with E-state index in [1.165, 1.54) is 5.56 Å². The summed E-state index contributed by atoms with van der Waals surface area (Å²) in [5.74, 6) is 0.214. The van der Waals surface area contributed by atoms with Gasteiger partial charge in [0.05, 0.1) is 17.1 Å². The summed E-state index contributed by atoms with van der Waals surface area (Å²) < 4.78 is 3.52. The van der Waals surface area contributed by atoms with Crippen LogP contribution in [0.2, 0.25) is 0 Å². The molecule has 0 radical (unpaired) electrons. The van der Waals surface area contributed by atoms with E-state index in [2.05, 4.69) is 17.1 Å². The van der Waals surface area contributed by atoms with Gasteiger partial charge in [0.15, 0.2) is 0 Å². The zero-order valence-electron chi connectivity index (χ0n) is 12.4. The maximum absolute atomic E-state index is 12.3. The number of hydrogen-bond acceptors (Lipinski definition) is 3. The minimum absolute atomic E-state index is 0.251. The second kappa shape index (κ2) is 5.28. The molecule has 23 heavy (non-hydrogen) atoms. The lowest BCUT2D eigenvalue weighted by Crippen LogP contribution is -2.13. The molecular formula is C18H15N3O2. The highest BCUT2D eigenvalue weighted by Gasteiger charge is 2.13. The molecule has 0 saturated heterocycles. The van der Waals surface area contributed by atoms with Crippen molar-refractivity contribution in [2.45, 2.75) is 13.0 Å². The number of fused-ring (bicyclic) bond motifs is 3. The first-order valence-electron chi connectivity index (χ1n) is 7.48. The standard InChI is InChI=1S/C18H15N3O2/c22-16-12-17(23)21-15-9-5-4-8-14(15)20(18(21)19-16)11-10-13-6-2-1-3-7-13/h1-9,12,22H,10-11H2. The minimum Gasteiger partial charge on any atom is -0.493 e. The molecule has 4 aromatic rings. The van der Waals surface area contributed by atoms with Gasteiger partial charge in [0.1, 0.15) is 0 Å². The summed E-state index contributed by atoms with van der Waals surface area (Å²) in [7, 11) is 0. The average molecular weight is 305 g/mol. The van der Waals surface area contributed by atoms with Crippen LogP contribution in [0.15, 0.2) is 65.5 Å². The number of hydrogen-bond donors (Lipinski definition) is 1. The SMILES string of the molecule is O=c1cc(O)nc2n(CCc3ccccc3)c3ccccc3n12. The molecule has 5 heteroatoms. The Bertz CT molecular complexity index is 1050. The highest BCUT2D eigenvalue weighted by atomic mass is 16.3. The van der Waals surface area contributed by atoms with Gasteiger partial charge >= 0.3 is 0 Å². The summed E-state index contributed by atoms with van der Waals surface area (Å²) in [5, 5.41) is 9.71. The molecule has 0 aliphatic rings. The van der Waals surface area contributed by atoms with Crippen molar-refractivity contribution in [1.29, 1.82) is 0 Å². The maximum Gasteiger partial charge on any atom is 0.263 e. The summed E-state index contributed by atoms with van der Waals surface area (Å²) in [5.41, 5.74) is 2.67. The molecule has 0 saturated carbocycles. The summed E-state index contributed by atoms with van der Waals surface area (Å²) in [6.45, 7) is 0.678. The van der Waals surface area contributed by atoms with Crippen LogP contribution in [-0.4, -0.2) is 19.1 Å². The van der Waals surface area contributed by atoms with Gasteiger partial charge in [-0.3, -0.25) is 4.79 Å². The van der Waals surface area contributed by atoms with E-state index < -0.39 is 0 Å². The summed E-state index contributed by atoms with van der Waals surface area (Å²) >= 11 is 0. The van der Waals surface area contributed by atoms with Gasteiger partial charge in [-0.1, -0.05) is 42.5 Å². The zero-order chi connectivity index (χ0) is 15.8. The van der Waals surface area contributed by atoms with E-state index in [1.807, 2.05) is 47.0 Å². The van der Waals surface area contributed by atoms with Gasteiger partial charge in [-0.15, -0.1) is 0 Å². The van der Waals surface area contributed by atoms with Crippen molar-refractivity contribution in [3.05, 3.63) is 76.6 Å². The normalized spacial score (nSPS) is 11.3. The number of rotatable bonds is 3. The van der Waals surface area contributed by atoms with Crippen LogP contribution < -0.4 is 5.56 Å². The van der Waals surface area contributed by atoms with Crippen LogP contribution in [0.25, 0.3) is 16.8 Å². The maximum atomic E-state index is 12.3. The Labute approximate surface area is 132 Å². The van der Waals surface area contributed by atoms with Gasteiger partial charge in [0, 0.05) is 6.54 Å². The monoisotopic (exact) mass is 305 g/mol. The van der Waals surface area contributed by atoms with E-state index in [0.717, 1.165) is 23.5 Å². The van der Waals surface area contributed by atoms with Crippen molar-refractivity contribution in [1.82, 2.24) is 14.0 Å². The van der Waals surface area contributed by atoms with Crippen molar-refractivity contribution in [3.8, 4) is 5.88 Å². The Morgan fingerprint density at radius 2 is 1.65 bits per heavy atom. The van der Waals surface area contributed by atoms with E-state index in [9.17, 15) is 9.90 Å². The number of nitrogens with zero attached hydrogens (tertiary/aromatic N) is 3. The largest absolute Gasteiger partial charge is 0.493 e. The first-order chi connectivity index (χ1) is 11.2.